The Morgan fingerprint density at radius 2 is 2.05 bits per heavy atom. The minimum Gasteiger partial charge on any atom is -0.384 e. The summed E-state index contributed by atoms with van der Waals surface area (Å²) in [5.74, 6) is 4.91. The summed E-state index contributed by atoms with van der Waals surface area (Å²) in [5.41, 5.74) is 2.56. The third-order valence-corrected chi connectivity index (χ3v) is 2.63. The number of nitrogens with zero attached hydrogens (tertiary/aromatic N) is 1. The average molecular weight is 266 g/mol. The Kier molecular flexibility index (Phi) is 4.48. The minimum absolute atomic E-state index is 0.244. The van der Waals surface area contributed by atoms with Crippen molar-refractivity contribution in [2.75, 3.05) is 11.9 Å². The second-order valence-corrected chi connectivity index (χ2v) is 4.18. The quantitative estimate of drug-likeness (QED) is 0.817. The molecule has 1 heterocycles. The van der Waals surface area contributed by atoms with Crippen LogP contribution < -0.4 is 5.32 Å². The molecule has 1 aromatic heterocycles. The first-order chi connectivity index (χ1) is 9.70. The number of nitrogens with one attached hydrogen (secondary N) is 1. The number of aliphatic hydroxyl groups excluding tert-OH is 1. The van der Waals surface area contributed by atoms with E-state index in [1.54, 1.807) is 12.1 Å². The Labute approximate surface area is 117 Å². The summed E-state index contributed by atoms with van der Waals surface area (Å²) in [6.45, 7) is 1.72. The smallest absolute Gasteiger partial charge is 0.275 e. The highest BCUT2D eigenvalue weighted by atomic mass is 16.2. The number of carbonyl (C=O) groups excluding carboxylic acids is 1. The van der Waals surface area contributed by atoms with Gasteiger partial charge in [-0.2, -0.15) is 0 Å². The molecule has 1 amide bonds. The number of pyridine rings is 1. The highest BCUT2D eigenvalue weighted by Crippen LogP contribution is 2.11. The predicted molar refractivity (Wildman–Crippen MR) is 77.3 cm³/mol. The number of anilines is 1. The first-order valence-electron chi connectivity index (χ1n) is 6.13. The van der Waals surface area contributed by atoms with Crippen molar-refractivity contribution in [3.63, 3.8) is 0 Å². The summed E-state index contributed by atoms with van der Waals surface area (Å²) in [4.78, 5) is 16.2. The van der Waals surface area contributed by atoms with Crippen LogP contribution in [0.25, 0.3) is 0 Å². The van der Waals surface area contributed by atoms with Crippen LogP contribution in [-0.2, 0) is 0 Å². The van der Waals surface area contributed by atoms with Crippen molar-refractivity contribution in [2.24, 2.45) is 0 Å². The van der Waals surface area contributed by atoms with Crippen molar-refractivity contribution in [1.29, 1.82) is 0 Å². The van der Waals surface area contributed by atoms with E-state index in [-0.39, 0.29) is 18.2 Å². The predicted octanol–water partition coefficient (Wildman–Crippen LogP) is 1.99. The Morgan fingerprint density at radius 3 is 2.75 bits per heavy atom. The molecule has 0 spiro atoms. The maximum atomic E-state index is 12.2. The third-order valence-electron chi connectivity index (χ3n) is 2.63. The van der Waals surface area contributed by atoms with Crippen molar-refractivity contribution in [2.45, 2.75) is 6.92 Å². The molecule has 0 saturated heterocycles. The molecule has 0 bridgehead atoms. The number of aromatic nitrogens is 1. The summed E-state index contributed by atoms with van der Waals surface area (Å²) in [7, 11) is 0. The fourth-order valence-corrected chi connectivity index (χ4v) is 1.65. The molecule has 2 N–H and O–H groups in total. The molecule has 0 saturated carbocycles. The first-order valence-corrected chi connectivity index (χ1v) is 6.13. The summed E-state index contributed by atoms with van der Waals surface area (Å²) in [6, 6.07) is 10.9. The van der Waals surface area contributed by atoms with Crippen molar-refractivity contribution in [3.8, 4) is 11.8 Å². The molecule has 0 unspecified atom stereocenters. The first kappa shape index (κ1) is 13.8. The number of benzene rings is 1. The molecule has 1 aromatic carbocycles. The van der Waals surface area contributed by atoms with Crippen LogP contribution in [-0.4, -0.2) is 22.6 Å². The summed E-state index contributed by atoms with van der Waals surface area (Å²) >= 11 is 0. The van der Waals surface area contributed by atoms with Gasteiger partial charge in [-0.3, -0.25) is 4.79 Å². The lowest BCUT2D eigenvalue weighted by molar-refractivity contribution is 0.102. The fraction of sp³-hybridized carbons (Fsp3) is 0.125. The Morgan fingerprint density at radius 1 is 1.30 bits per heavy atom. The number of hydrogen-bond donors (Lipinski definition) is 2. The molecule has 20 heavy (non-hydrogen) atoms. The number of carbonyl (C=O) groups is 1. The van der Waals surface area contributed by atoms with Gasteiger partial charge in [0, 0.05) is 11.9 Å². The Hall–Kier alpha value is -2.64. The van der Waals surface area contributed by atoms with Crippen LogP contribution in [0.1, 0.15) is 21.6 Å². The molecule has 100 valence electrons. The van der Waals surface area contributed by atoms with Gasteiger partial charge >= 0.3 is 0 Å². The second-order valence-electron chi connectivity index (χ2n) is 4.18. The second kappa shape index (κ2) is 6.50. The summed E-state index contributed by atoms with van der Waals surface area (Å²) in [6.07, 6.45) is 1.54. The van der Waals surface area contributed by atoms with Gasteiger partial charge in [0.2, 0.25) is 0 Å². The number of aliphatic hydroxyl groups is 1. The van der Waals surface area contributed by atoms with Crippen LogP contribution in [0.3, 0.4) is 0 Å². The fourth-order valence-electron chi connectivity index (χ4n) is 1.65. The number of amides is 1. The van der Waals surface area contributed by atoms with E-state index in [9.17, 15) is 4.79 Å². The van der Waals surface area contributed by atoms with E-state index in [1.807, 2.05) is 31.2 Å². The molecule has 0 aliphatic heterocycles. The number of rotatable bonds is 2. The zero-order valence-electron chi connectivity index (χ0n) is 11.1. The molecular weight excluding hydrogens is 252 g/mol. The van der Waals surface area contributed by atoms with E-state index in [4.69, 9.17) is 5.11 Å². The number of hydrogen-bond acceptors (Lipinski definition) is 3. The molecule has 0 fully saturated rings. The molecule has 4 heteroatoms. The van der Waals surface area contributed by atoms with Gasteiger partial charge in [0.1, 0.15) is 12.3 Å². The lowest BCUT2D eigenvalue weighted by atomic mass is 10.1. The maximum absolute atomic E-state index is 12.2. The zero-order chi connectivity index (χ0) is 14.4. The Bertz CT molecular complexity index is 667. The van der Waals surface area contributed by atoms with E-state index in [1.165, 1.54) is 6.20 Å². The molecule has 0 radical (unpaired) electrons. The van der Waals surface area contributed by atoms with Crippen LogP contribution in [0, 0.1) is 18.8 Å². The van der Waals surface area contributed by atoms with Crippen LogP contribution in [0.2, 0.25) is 0 Å². The van der Waals surface area contributed by atoms with Crippen LogP contribution in [0.5, 0.6) is 0 Å². The lowest BCUT2D eigenvalue weighted by Crippen LogP contribution is -2.15. The molecule has 2 rings (SSSR count). The van der Waals surface area contributed by atoms with Gasteiger partial charge in [-0.1, -0.05) is 29.5 Å². The van der Waals surface area contributed by atoms with Crippen molar-refractivity contribution in [1.82, 2.24) is 4.98 Å². The van der Waals surface area contributed by atoms with Gasteiger partial charge in [-0.25, -0.2) is 4.98 Å². The zero-order valence-corrected chi connectivity index (χ0v) is 11.1. The molecule has 0 aliphatic rings. The maximum Gasteiger partial charge on any atom is 0.275 e. The molecule has 0 aliphatic carbocycles. The SMILES string of the molecule is Cc1ccc(NC(=O)c2ncccc2C#CCO)cc1. The monoisotopic (exact) mass is 266 g/mol. The van der Waals surface area contributed by atoms with Crippen LogP contribution in [0.4, 0.5) is 5.69 Å². The molecule has 4 nitrogen and oxygen atoms in total. The highest BCUT2D eigenvalue weighted by molar-refractivity contribution is 6.04. The summed E-state index contributed by atoms with van der Waals surface area (Å²) < 4.78 is 0. The van der Waals surface area contributed by atoms with E-state index in [0.717, 1.165) is 5.56 Å². The molecular formula is C16H14N2O2. The Balaban J connectivity index is 2.23. The average Bonchev–Trinajstić information content (AvgIpc) is 2.47. The summed E-state index contributed by atoms with van der Waals surface area (Å²) in [5, 5.41) is 11.5. The molecule has 2 aromatic rings. The van der Waals surface area contributed by atoms with Gasteiger partial charge in [0.15, 0.2) is 0 Å². The highest BCUT2D eigenvalue weighted by Gasteiger charge is 2.11. The van der Waals surface area contributed by atoms with E-state index < -0.39 is 0 Å². The van der Waals surface area contributed by atoms with Crippen molar-refractivity contribution >= 4 is 11.6 Å². The van der Waals surface area contributed by atoms with E-state index in [2.05, 4.69) is 22.1 Å². The lowest BCUT2D eigenvalue weighted by Gasteiger charge is -2.06. The van der Waals surface area contributed by atoms with Gasteiger partial charge in [0.05, 0.1) is 5.56 Å². The van der Waals surface area contributed by atoms with Crippen LogP contribution >= 0.6 is 0 Å². The number of aryl methyl sites for hydroxylation is 1. The van der Waals surface area contributed by atoms with Crippen molar-refractivity contribution < 1.29 is 9.90 Å². The van der Waals surface area contributed by atoms with Gasteiger partial charge in [0.25, 0.3) is 5.91 Å². The van der Waals surface area contributed by atoms with Crippen molar-refractivity contribution in [3.05, 3.63) is 59.4 Å². The molecule has 0 atom stereocenters. The van der Waals surface area contributed by atoms with E-state index in [0.29, 0.717) is 11.3 Å². The third kappa shape index (κ3) is 3.44. The van der Waals surface area contributed by atoms with Crippen LogP contribution in [0.15, 0.2) is 42.6 Å². The van der Waals surface area contributed by atoms with Gasteiger partial charge in [-0.15, -0.1) is 0 Å². The van der Waals surface area contributed by atoms with E-state index >= 15 is 0 Å². The topological polar surface area (TPSA) is 62.2 Å². The van der Waals surface area contributed by atoms with Gasteiger partial charge in [-0.05, 0) is 31.2 Å². The minimum atomic E-state index is -0.323. The largest absolute Gasteiger partial charge is 0.384 e. The van der Waals surface area contributed by atoms with Gasteiger partial charge < -0.3 is 10.4 Å². The normalized spacial score (nSPS) is 9.50. The standard InChI is InChI=1S/C16H14N2O2/c1-12-6-8-14(9-7-12)18-16(20)15-13(5-3-11-19)4-2-10-17-15/h2,4,6-10,19H,11H2,1H3,(H,18,20).